The van der Waals surface area contributed by atoms with Crippen LogP contribution in [0.15, 0.2) is 0 Å². The highest BCUT2D eigenvalue weighted by Gasteiger charge is 2.14. The molecule has 2 N–H and O–H groups in total. The minimum absolute atomic E-state index is 0.283. The summed E-state index contributed by atoms with van der Waals surface area (Å²) >= 11 is 0. The highest BCUT2D eigenvalue weighted by molar-refractivity contribution is 5.72. The van der Waals surface area contributed by atoms with Crippen molar-refractivity contribution in [3.8, 4) is 0 Å². The summed E-state index contributed by atoms with van der Waals surface area (Å²) in [6, 6.07) is 0. The minimum atomic E-state index is -1.09. The number of aliphatic carboxylic acids is 1. The largest absolute Gasteiger partial charge is 0.479 e. The zero-order chi connectivity index (χ0) is 7.98. The number of rotatable bonds is 5. The van der Waals surface area contributed by atoms with E-state index in [1.54, 1.807) is 6.92 Å². The van der Waals surface area contributed by atoms with Crippen molar-refractivity contribution in [1.29, 1.82) is 0 Å². The number of hydroxylamine groups is 1. The van der Waals surface area contributed by atoms with Crippen LogP contribution < -0.4 is 5.48 Å². The molecule has 5 nitrogen and oxygen atoms in total. The molecule has 5 heteroatoms. The second kappa shape index (κ2) is 4.75. The first kappa shape index (κ1) is 8.90. The Morgan fingerprint density at radius 2 is 2.50 bits per heavy atom. The third kappa shape index (κ3) is 3.03. The molecule has 0 bridgehead atoms. The van der Waals surface area contributed by atoms with E-state index in [1.165, 1.54) is 0 Å². The Hall–Kier alpha value is -1.10. The van der Waals surface area contributed by atoms with Crippen LogP contribution in [-0.4, -0.2) is 23.6 Å². The SMILES string of the molecule is CCC(ONC=O)C(=O)O. The smallest absolute Gasteiger partial charge is 0.335 e. The number of carboxylic acid groups (broad SMARTS) is 1. The predicted octanol–water partition coefficient (Wildman–Crippen LogP) is -0.473. The molecule has 1 amide bonds. The first-order valence-electron chi connectivity index (χ1n) is 2.80. The molecule has 1 atom stereocenters. The molecule has 0 saturated carbocycles. The van der Waals surface area contributed by atoms with Gasteiger partial charge in [0.1, 0.15) is 0 Å². The molecule has 0 spiro atoms. The minimum Gasteiger partial charge on any atom is -0.479 e. The van der Waals surface area contributed by atoms with Gasteiger partial charge in [-0.1, -0.05) is 6.92 Å². The van der Waals surface area contributed by atoms with Gasteiger partial charge in [-0.15, -0.1) is 0 Å². The molecule has 0 aromatic rings. The molecule has 0 radical (unpaired) electrons. The molecule has 0 saturated heterocycles. The van der Waals surface area contributed by atoms with Crippen molar-refractivity contribution in [2.24, 2.45) is 0 Å². The first-order valence-corrected chi connectivity index (χ1v) is 2.80. The molecule has 0 aliphatic carbocycles. The Labute approximate surface area is 57.9 Å². The average Bonchev–Trinajstić information content (AvgIpc) is 1.89. The highest BCUT2D eigenvalue weighted by atomic mass is 16.7. The molecule has 0 fully saturated rings. The predicted molar refractivity (Wildman–Crippen MR) is 32.0 cm³/mol. The van der Waals surface area contributed by atoms with Crippen LogP contribution in [0.4, 0.5) is 0 Å². The van der Waals surface area contributed by atoms with Gasteiger partial charge in [0.2, 0.25) is 6.41 Å². The van der Waals surface area contributed by atoms with Gasteiger partial charge in [0.15, 0.2) is 6.10 Å². The molecule has 0 aromatic carbocycles. The molecule has 1 unspecified atom stereocenters. The zero-order valence-corrected chi connectivity index (χ0v) is 5.53. The maximum Gasteiger partial charge on any atom is 0.335 e. The third-order valence-corrected chi connectivity index (χ3v) is 0.905. The summed E-state index contributed by atoms with van der Waals surface area (Å²) in [6.07, 6.45) is -0.355. The Bertz CT molecular complexity index is 125. The van der Waals surface area contributed by atoms with E-state index in [0.717, 1.165) is 0 Å². The van der Waals surface area contributed by atoms with Crippen LogP contribution in [0.2, 0.25) is 0 Å². The van der Waals surface area contributed by atoms with Crippen molar-refractivity contribution >= 4 is 12.4 Å². The molecular formula is C5H9NO4. The first-order chi connectivity index (χ1) is 4.72. The van der Waals surface area contributed by atoms with Gasteiger partial charge in [0.25, 0.3) is 0 Å². The summed E-state index contributed by atoms with van der Waals surface area (Å²) < 4.78 is 0. The number of nitrogens with one attached hydrogen (secondary N) is 1. The molecule has 0 aromatic heterocycles. The summed E-state index contributed by atoms with van der Waals surface area (Å²) in [5.41, 5.74) is 1.82. The summed E-state index contributed by atoms with van der Waals surface area (Å²) in [7, 11) is 0. The van der Waals surface area contributed by atoms with Gasteiger partial charge < -0.3 is 5.11 Å². The van der Waals surface area contributed by atoms with Crippen LogP contribution in [0.3, 0.4) is 0 Å². The number of amides is 1. The van der Waals surface area contributed by atoms with Gasteiger partial charge in [-0.25, -0.2) is 10.3 Å². The fraction of sp³-hybridized carbons (Fsp3) is 0.600. The van der Waals surface area contributed by atoms with Gasteiger partial charge in [-0.3, -0.25) is 9.63 Å². The zero-order valence-electron chi connectivity index (χ0n) is 5.53. The lowest BCUT2D eigenvalue weighted by Gasteiger charge is -2.07. The van der Waals surface area contributed by atoms with Crippen molar-refractivity contribution in [3.05, 3.63) is 0 Å². The normalized spacial score (nSPS) is 12.1. The van der Waals surface area contributed by atoms with Crippen molar-refractivity contribution < 1.29 is 19.5 Å². The summed E-state index contributed by atoms with van der Waals surface area (Å²) in [4.78, 5) is 24.2. The van der Waals surface area contributed by atoms with E-state index >= 15 is 0 Å². The van der Waals surface area contributed by atoms with Gasteiger partial charge in [-0.2, -0.15) is 0 Å². The van der Waals surface area contributed by atoms with E-state index in [-0.39, 0.29) is 6.41 Å². The van der Waals surface area contributed by atoms with Crippen molar-refractivity contribution in [3.63, 3.8) is 0 Å². The van der Waals surface area contributed by atoms with Crippen LogP contribution >= 0.6 is 0 Å². The van der Waals surface area contributed by atoms with Crippen LogP contribution in [0, 0.1) is 0 Å². The monoisotopic (exact) mass is 147 g/mol. The summed E-state index contributed by atoms with van der Waals surface area (Å²) in [5.74, 6) is -1.09. The van der Waals surface area contributed by atoms with E-state index in [4.69, 9.17) is 5.11 Å². The topological polar surface area (TPSA) is 75.6 Å². The van der Waals surface area contributed by atoms with Crippen molar-refractivity contribution in [2.45, 2.75) is 19.4 Å². The lowest BCUT2D eigenvalue weighted by atomic mass is 10.3. The van der Waals surface area contributed by atoms with Crippen LogP contribution in [0.5, 0.6) is 0 Å². The second-order valence-corrected chi connectivity index (χ2v) is 1.59. The molecule has 10 heavy (non-hydrogen) atoms. The quantitative estimate of drug-likeness (QED) is 0.407. The lowest BCUT2D eigenvalue weighted by Crippen LogP contribution is -2.29. The van der Waals surface area contributed by atoms with Crippen LogP contribution in [-0.2, 0) is 14.4 Å². The average molecular weight is 147 g/mol. The van der Waals surface area contributed by atoms with E-state index in [0.29, 0.717) is 6.42 Å². The van der Waals surface area contributed by atoms with Gasteiger partial charge in [0, 0.05) is 0 Å². The maximum atomic E-state index is 10.2. The van der Waals surface area contributed by atoms with E-state index in [9.17, 15) is 9.59 Å². The molecule has 58 valence electrons. The van der Waals surface area contributed by atoms with Gasteiger partial charge >= 0.3 is 5.97 Å². The fourth-order valence-electron chi connectivity index (χ4n) is 0.418. The van der Waals surface area contributed by atoms with E-state index in [1.807, 2.05) is 5.48 Å². The molecule has 0 rings (SSSR count). The number of carboxylic acids is 1. The molecule has 0 aliphatic rings. The molecule has 0 aliphatic heterocycles. The Morgan fingerprint density at radius 3 is 2.80 bits per heavy atom. The van der Waals surface area contributed by atoms with Gasteiger partial charge in [0.05, 0.1) is 0 Å². The highest BCUT2D eigenvalue weighted by Crippen LogP contribution is 1.93. The van der Waals surface area contributed by atoms with Crippen molar-refractivity contribution in [2.75, 3.05) is 0 Å². The Balaban J connectivity index is 3.60. The van der Waals surface area contributed by atoms with Crippen LogP contribution in [0.1, 0.15) is 13.3 Å². The number of hydrogen-bond donors (Lipinski definition) is 2. The van der Waals surface area contributed by atoms with E-state index in [2.05, 4.69) is 4.84 Å². The number of hydrogen-bond acceptors (Lipinski definition) is 3. The summed E-state index contributed by atoms with van der Waals surface area (Å²) in [6.45, 7) is 1.64. The van der Waals surface area contributed by atoms with Crippen LogP contribution in [0.25, 0.3) is 0 Å². The summed E-state index contributed by atoms with van der Waals surface area (Å²) in [5, 5.41) is 8.32. The fourth-order valence-corrected chi connectivity index (χ4v) is 0.418. The van der Waals surface area contributed by atoms with E-state index < -0.39 is 12.1 Å². The van der Waals surface area contributed by atoms with Gasteiger partial charge in [-0.05, 0) is 6.42 Å². The number of carbonyl (C=O) groups excluding carboxylic acids is 1. The Kier molecular flexibility index (Phi) is 4.23. The number of carbonyl (C=O) groups is 2. The third-order valence-electron chi connectivity index (χ3n) is 0.905. The molecule has 0 heterocycles. The second-order valence-electron chi connectivity index (χ2n) is 1.59. The molecular weight excluding hydrogens is 138 g/mol. The standard InChI is InChI=1S/C5H9NO4/c1-2-4(5(8)9)10-6-3-7/h3-4H,2H2,1H3,(H,6,7)(H,8,9). The Morgan fingerprint density at radius 1 is 1.90 bits per heavy atom. The maximum absolute atomic E-state index is 10.2. The lowest BCUT2D eigenvalue weighted by molar-refractivity contribution is -0.157. The van der Waals surface area contributed by atoms with Crippen molar-refractivity contribution in [1.82, 2.24) is 5.48 Å².